The van der Waals surface area contributed by atoms with Crippen molar-refractivity contribution in [2.45, 2.75) is 45.3 Å². The van der Waals surface area contributed by atoms with Crippen molar-refractivity contribution in [2.75, 3.05) is 7.11 Å². The minimum absolute atomic E-state index is 0.365. The lowest BCUT2D eigenvalue weighted by Gasteiger charge is -2.41. The van der Waals surface area contributed by atoms with Gasteiger partial charge in [-0.15, -0.1) is 0 Å². The Morgan fingerprint density at radius 3 is 1.91 bits per heavy atom. The molecule has 0 aliphatic heterocycles. The van der Waals surface area contributed by atoms with Crippen molar-refractivity contribution in [2.24, 2.45) is 0 Å². The second-order valence-electron chi connectivity index (χ2n) is 3.51. The van der Waals surface area contributed by atoms with E-state index in [4.69, 9.17) is 9.94 Å². The fourth-order valence-electron chi connectivity index (χ4n) is 0.865. The smallest absolute Gasteiger partial charge is 0.0822 e. The lowest BCUT2D eigenvalue weighted by atomic mass is 9.82. The summed E-state index contributed by atoms with van der Waals surface area (Å²) in [6.07, 6.45) is 0.810. The maximum Gasteiger partial charge on any atom is 0.0822 e. The van der Waals surface area contributed by atoms with Crippen molar-refractivity contribution < 1.29 is 9.94 Å². The standard InChI is InChI=1S/C8H19NO2/c1-6-8(4,9-10)7(2,3)11-5/h9-10H,6H2,1-5H3. The lowest BCUT2D eigenvalue weighted by molar-refractivity contribution is -0.0989. The highest BCUT2D eigenvalue weighted by Crippen LogP contribution is 2.27. The van der Waals surface area contributed by atoms with E-state index in [0.29, 0.717) is 0 Å². The van der Waals surface area contributed by atoms with Gasteiger partial charge in [0.15, 0.2) is 0 Å². The van der Waals surface area contributed by atoms with E-state index >= 15 is 0 Å². The number of ether oxygens (including phenoxy) is 1. The Morgan fingerprint density at radius 1 is 1.36 bits per heavy atom. The van der Waals surface area contributed by atoms with Crippen LogP contribution in [-0.4, -0.2) is 23.5 Å². The highest BCUT2D eigenvalue weighted by molar-refractivity contribution is 4.95. The van der Waals surface area contributed by atoms with Gasteiger partial charge in [-0.3, -0.25) is 0 Å². The third kappa shape index (κ3) is 1.92. The van der Waals surface area contributed by atoms with Gasteiger partial charge in [0.1, 0.15) is 0 Å². The Bertz CT molecular complexity index is 119. The fourth-order valence-corrected chi connectivity index (χ4v) is 0.865. The van der Waals surface area contributed by atoms with Gasteiger partial charge < -0.3 is 9.94 Å². The highest BCUT2D eigenvalue weighted by atomic mass is 16.5. The van der Waals surface area contributed by atoms with E-state index in [1.807, 2.05) is 27.7 Å². The minimum atomic E-state index is -0.387. The van der Waals surface area contributed by atoms with Crippen LogP contribution < -0.4 is 5.48 Å². The molecule has 0 saturated carbocycles. The van der Waals surface area contributed by atoms with Crippen LogP contribution in [0.3, 0.4) is 0 Å². The van der Waals surface area contributed by atoms with Gasteiger partial charge in [0.05, 0.1) is 11.1 Å². The molecular weight excluding hydrogens is 142 g/mol. The number of rotatable bonds is 4. The van der Waals surface area contributed by atoms with E-state index in [1.165, 1.54) is 0 Å². The zero-order valence-electron chi connectivity index (χ0n) is 8.06. The lowest BCUT2D eigenvalue weighted by Crippen LogP contribution is -2.57. The van der Waals surface area contributed by atoms with Gasteiger partial charge in [-0.05, 0) is 27.2 Å². The number of hydrogen-bond donors (Lipinski definition) is 2. The summed E-state index contributed by atoms with van der Waals surface area (Å²) in [6.45, 7) is 7.82. The van der Waals surface area contributed by atoms with Crippen LogP contribution in [0, 0.1) is 0 Å². The van der Waals surface area contributed by atoms with Gasteiger partial charge >= 0.3 is 0 Å². The summed E-state index contributed by atoms with van der Waals surface area (Å²) in [6, 6.07) is 0. The molecule has 0 aromatic rings. The van der Waals surface area contributed by atoms with Crippen LogP contribution in [-0.2, 0) is 4.74 Å². The molecule has 0 radical (unpaired) electrons. The molecule has 3 nitrogen and oxygen atoms in total. The number of nitrogens with one attached hydrogen (secondary N) is 1. The van der Waals surface area contributed by atoms with Gasteiger partial charge in [-0.2, -0.15) is 5.48 Å². The summed E-state index contributed by atoms with van der Waals surface area (Å²) >= 11 is 0. The highest BCUT2D eigenvalue weighted by Gasteiger charge is 2.39. The van der Waals surface area contributed by atoms with Crippen LogP contribution in [0.25, 0.3) is 0 Å². The predicted octanol–water partition coefficient (Wildman–Crippen LogP) is 1.56. The average Bonchev–Trinajstić information content (AvgIpc) is 2.02. The molecule has 0 aromatic heterocycles. The largest absolute Gasteiger partial charge is 0.377 e. The topological polar surface area (TPSA) is 41.5 Å². The number of hydroxylamine groups is 1. The Morgan fingerprint density at radius 2 is 1.82 bits per heavy atom. The zero-order chi connectivity index (χ0) is 9.12. The molecular formula is C8H19NO2. The molecule has 2 N–H and O–H groups in total. The summed E-state index contributed by atoms with van der Waals surface area (Å²) < 4.78 is 5.26. The normalized spacial score (nSPS) is 18.0. The van der Waals surface area contributed by atoms with Crippen LogP contribution in [0.4, 0.5) is 0 Å². The van der Waals surface area contributed by atoms with E-state index in [9.17, 15) is 0 Å². The molecule has 0 rings (SSSR count). The molecule has 0 saturated heterocycles. The minimum Gasteiger partial charge on any atom is -0.377 e. The average molecular weight is 161 g/mol. The first-order valence-electron chi connectivity index (χ1n) is 3.90. The molecule has 68 valence electrons. The Kier molecular flexibility index (Phi) is 3.48. The molecule has 0 aliphatic rings. The fraction of sp³-hybridized carbons (Fsp3) is 1.00. The van der Waals surface area contributed by atoms with Gasteiger partial charge in [0, 0.05) is 7.11 Å². The second kappa shape index (κ2) is 3.52. The first-order chi connectivity index (χ1) is 4.93. The summed E-state index contributed by atoms with van der Waals surface area (Å²) in [4.78, 5) is 0. The van der Waals surface area contributed by atoms with Crippen molar-refractivity contribution in [3.05, 3.63) is 0 Å². The molecule has 0 fully saturated rings. The van der Waals surface area contributed by atoms with E-state index in [0.717, 1.165) is 6.42 Å². The van der Waals surface area contributed by atoms with E-state index in [1.54, 1.807) is 7.11 Å². The SMILES string of the molecule is CCC(C)(NO)C(C)(C)OC. The molecule has 0 heterocycles. The van der Waals surface area contributed by atoms with Crippen LogP contribution in [0.15, 0.2) is 0 Å². The quantitative estimate of drug-likeness (QED) is 0.615. The first-order valence-corrected chi connectivity index (χ1v) is 3.90. The predicted molar refractivity (Wildman–Crippen MR) is 44.7 cm³/mol. The molecule has 0 bridgehead atoms. The van der Waals surface area contributed by atoms with E-state index in [-0.39, 0.29) is 11.1 Å². The second-order valence-corrected chi connectivity index (χ2v) is 3.51. The third-order valence-corrected chi connectivity index (χ3v) is 2.79. The first kappa shape index (κ1) is 10.9. The van der Waals surface area contributed by atoms with Crippen molar-refractivity contribution in [3.63, 3.8) is 0 Å². The van der Waals surface area contributed by atoms with Crippen molar-refractivity contribution >= 4 is 0 Å². The van der Waals surface area contributed by atoms with Crippen LogP contribution in [0.5, 0.6) is 0 Å². The van der Waals surface area contributed by atoms with Crippen molar-refractivity contribution in [1.82, 2.24) is 5.48 Å². The van der Waals surface area contributed by atoms with Crippen LogP contribution >= 0.6 is 0 Å². The van der Waals surface area contributed by atoms with Gasteiger partial charge in [-0.25, -0.2) is 0 Å². The summed E-state index contributed by atoms with van der Waals surface area (Å²) in [5.41, 5.74) is 1.54. The molecule has 11 heavy (non-hydrogen) atoms. The van der Waals surface area contributed by atoms with Crippen molar-refractivity contribution in [3.8, 4) is 0 Å². The maximum atomic E-state index is 8.92. The zero-order valence-corrected chi connectivity index (χ0v) is 8.06. The van der Waals surface area contributed by atoms with E-state index < -0.39 is 0 Å². The Balaban J connectivity index is 4.47. The van der Waals surface area contributed by atoms with Crippen LogP contribution in [0.2, 0.25) is 0 Å². The van der Waals surface area contributed by atoms with Gasteiger partial charge in [0.25, 0.3) is 0 Å². The summed E-state index contributed by atoms with van der Waals surface area (Å²) in [7, 11) is 1.64. The van der Waals surface area contributed by atoms with Crippen LogP contribution in [0.1, 0.15) is 34.1 Å². The third-order valence-electron chi connectivity index (χ3n) is 2.79. The Hall–Kier alpha value is -0.120. The monoisotopic (exact) mass is 161 g/mol. The molecule has 0 amide bonds. The summed E-state index contributed by atoms with van der Waals surface area (Å²) in [5, 5.41) is 8.92. The Labute approximate surface area is 68.7 Å². The number of hydrogen-bond acceptors (Lipinski definition) is 3. The molecule has 1 unspecified atom stereocenters. The molecule has 0 aromatic carbocycles. The van der Waals surface area contributed by atoms with E-state index in [2.05, 4.69) is 5.48 Å². The summed E-state index contributed by atoms with van der Waals surface area (Å²) in [5.74, 6) is 0. The van der Waals surface area contributed by atoms with Gasteiger partial charge in [0.2, 0.25) is 0 Å². The molecule has 0 spiro atoms. The van der Waals surface area contributed by atoms with Crippen molar-refractivity contribution in [1.29, 1.82) is 0 Å². The maximum absolute atomic E-state index is 8.92. The molecule has 1 atom stereocenters. The molecule has 0 aliphatic carbocycles. The van der Waals surface area contributed by atoms with Gasteiger partial charge in [-0.1, -0.05) is 6.92 Å². The molecule has 3 heteroatoms. The number of methoxy groups -OCH3 is 1.